The number of carboxylic acid groups (broad SMARTS) is 1. The number of amides is 1. The molecule has 0 saturated carbocycles. The van der Waals surface area contributed by atoms with Crippen LogP contribution in [0.2, 0.25) is 0 Å². The second kappa shape index (κ2) is 9.15. The van der Waals surface area contributed by atoms with Gasteiger partial charge >= 0.3 is 18.2 Å². The Labute approximate surface area is 199 Å². The fourth-order valence-corrected chi connectivity index (χ4v) is 5.16. The van der Waals surface area contributed by atoms with Gasteiger partial charge in [0.2, 0.25) is 0 Å². The molecule has 2 unspecified atom stereocenters. The molecule has 3 fully saturated rings. The molecule has 35 heavy (non-hydrogen) atoms. The van der Waals surface area contributed by atoms with E-state index in [1.54, 1.807) is 11.0 Å². The van der Waals surface area contributed by atoms with Crippen LogP contribution in [0.15, 0.2) is 30.5 Å². The Morgan fingerprint density at radius 3 is 2.34 bits per heavy atom. The quantitative estimate of drug-likeness (QED) is 0.701. The fraction of sp³-hybridized carbons (Fsp3) is 0.522. The second-order valence-corrected chi connectivity index (χ2v) is 9.17. The summed E-state index contributed by atoms with van der Waals surface area (Å²) in [6.07, 6.45) is -1.29. The van der Waals surface area contributed by atoms with Crippen LogP contribution < -0.4 is 4.90 Å². The highest BCUT2D eigenvalue weighted by Gasteiger charge is 2.40. The lowest BCUT2D eigenvalue weighted by atomic mass is 10.0. The first-order valence-corrected chi connectivity index (χ1v) is 11.6. The summed E-state index contributed by atoms with van der Waals surface area (Å²) in [5, 5.41) is 12.8. The topological polar surface area (TPSA) is 91.1 Å². The highest BCUT2D eigenvalue weighted by Crippen LogP contribution is 2.40. The monoisotopic (exact) mass is 493 g/mol. The largest absolute Gasteiger partial charge is 0.476 e. The first-order valence-electron chi connectivity index (χ1n) is 11.6. The van der Waals surface area contributed by atoms with Crippen molar-refractivity contribution < 1.29 is 32.6 Å². The van der Waals surface area contributed by atoms with Gasteiger partial charge in [0.1, 0.15) is 0 Å². The van der Waals surface area contributed by atoms with Gasteiger partial charge in [-0.15, -0.1) is 0 Å². The van der Waals surface area contributed by atoms with Crippen LogP contribution in [0.5, 0.6) is 0 Å². The summed E-state index contributed by atoms with van der Waals surface area (Å²) in [5.41, 5.74) is 0.586. The van der Waals surface area contributed by atoms with E-state index in [-0.39, 0.29) is 17.8 Å². The molecule has 2 bridgehead atoms. The maximum Gasteiger partial charge on any atom is 0.416 e. The van der Waals surface area contributed by atoms with Crippen LogP contribution in [0.3, 0.4) is 0 Å². The summed E-state index contributed by atoms with van der Waals surface area (Å²) in [5.74, 6) is -1.21. The van der Waals surface area contributed by atoms with Crippen LogP contribution in [0.25, 0.3) is 0 Å². The molecule has 0 radical (unpaired) electrons. The van der Waals surface area contributed by atoms with E-state index in [2.05, 4.69) is 14.9 Å². The number of aromatic nitrogens is 2. The highest BCUT2D eigenvalue weighted by atomic mass is 19.4. The summed E-state index contributed by atoms with van der Waals surface area (Å²) in [6.45, 7) is 3.38. The molecule has 0 spiro atoms. The predicted molar refractivity (Wildman–Crippen MR) is 118 cm³/mol. The van der Waals surface area contributed by atoms with Crippen molar-refractivity contribution in [3.63, 3.8) is 0 Å². The fourth-order valence-electron chi connectivity index (χ4n) is 5.16. The van der Waals surface area contributed by atoms with Gasteiger partial charge in [-0.3, -0.25) is 4.90 Å². The molecule has 9 nitrogen and oxygen atoms in total. The summed E-state index contributed by atoms with van der Waals surface area (Å²) in [6, 6.07) is 4.99. The summed E-state index contributed by atoms with van der Waals surface area (Å²) in [4.78, 5) is 29.5. The molecule has 0 aliphatic carbocycles. The number of carboxylic acids is 1. The molecular formula is C23H26F3N5O4. The minimum Gasteiger partial charge on any atom is -0.476 e. The average molecular weight is 493 g/mol. The first kappa shape index (κ1) is 23.6. The van der Waals surface area contributed by atoms with E-state index >= 15 is 0 Å². The number of anilines is 1. The lowest BCUT2D eigenvalue weighted by Crippen LogP contribution is -2.50. The average Bonchev–Trinajstić information content (AvgIpc) is 3.41. The van der Waals surface area contributed by atoms with Gasteiger partial charge in [0.05, 0.1) is 30.9 Å². The number of morpholine rings is 1. The van der Waals surface area contributed by atoms with Gasteiger partial charge < -0.3 is 19.6 Å². The second-order valence-electron chi connectivity index (χ2n) is 9.17. The number of fused-ring (bicyclic) bond motifs is 2. The lowest BCUT2D eigenvalue weighted by molar-refractivity contribution is -0.137. The van der Waals surface area contributed by atoms with Gasteiger partial charge in [-0.1, -0.05) is 6.07 Å². The Balaban J connectivity index is 1.30. The molecule has 1 amide bonds. The van der Waals surface area contributed by atoms with Crippen LogP contribution in [0.4, 0.5) is 23.7 Å². The van der Waals surface area contributed by atoms with E-state index in [4.69, 9.17) is 9.84 Å². The number of piperazine rings is 1. The number of nitrogens with zero attached hydrogens (tertiary/aromatic N) is 5. The third-order valence-electron chi connectivity index (χ3n) is 6.97. The molecule has 188 valence electrons. The maximum atomic E-state index is 13.5. The summed E-state index contributed by atoms with van der Waals surface area (Å²) in [7, 11) is 0. The Bertz CT molecular complexity index is 1100. The molecule has 1 N–H and O–H groups in total. The zero-order chi connectivity index (χ0) is 24.7. The van der Waals surface area contributed by atoms with Crippen LogP contribution in [-0.2, 0) is 17.5 Å². The maximum absolute atomic E-state index is 13.5. The Hall–Kier alpha value is -3.12. The van der Waals surface area contributed by atoms with Crippen molar-refractivity contribution in [3.05, 3.63) is 47.3 Å². The minimum atomic E-state index is -4.42. The van der Waals surface area contributed by atoms with Crippen molar-refractivity contribution in [1.29, 1.82) is 0 Å². The molecule has 12 heteroatoms. The molecule has 1 aromatic carbocycles. The SMILES string of the molecule is O=C(O)c1ccn(C(=O)N2CCN(Cc3ccc(C(F)(F)F)cc3N3C4CCC3COC4)CC2)n1. The van der Waals surface area contributed by atoms with Gasteiger partial charge in [0.15, 0.2) is 5.69 Å². The van der Waals surface area contributed by atoms with Crippen LogP contribution >= 0.6 is 0 Å². The van der Waals surface area contributed by atoms with Crippen molar-refractivity contribution in [2.75, 3.05) is 44.3 Å². The number of hydrogen-bond donors (Lipinski definition) is 1. The van der Waals surface area contributed by atoms with Crippen molar-refractivity contribution in [3.8, 4) is 0 Å². The number of hydrogen-bond acceptors (Lipinski definition) is 6. The Morgan fingerprint density at radius 1 is 1.06 bits per heavy atom. The van der Waals surface area contributed by atoms with E-state index in [9.17, 15) is 22.8 Å². The van der Waals surface area contributed by atoms with Crippen molar-refractivity contribution >= 4 is 17.7 Å². The third kappa shape index (κ3) is 4.72. The number of aromatic carboxylic acids is 1. The van der Waals surface area contributed by atoms with Crippen molar-refractivity contribution in [1.82, 2.24) is 19.6 Å². The summed E-state index contributed by atoms with van der Waals surface area (Å²) >= 11 is 0. The van der Waals surface area contributed by atoms with Crippen LogP contribution in [-0.4, -0.2) is 88.2 Å². The van der Waals surface area contributed by atoms with E-state index in [1.807, 2.05) is 0 Å². The zero-order valence-electron chi connectivity index (χ0n) is 18.9. The molecule has 5 rings (SSSR count). The van der Waals surface area contributed by atoms with Crippen LogP contribution in [0, 0.1) is 0 Å². The Morgan fingerprint density at radius 2 is 1.74 bits per heavy atom. The first-order chi connectivity index (χ1) is 16.7. The van der Waals surface area contributed by atoms with Gasteiger partial charge in [0.25, 0.3) is 0 Å². The molecule has 3 aliphatic rings. The zero-order valence-corrected chi connectivity index (χ0v) is 18.9. The van der Waals surface area contributed by atoms with E-state index < -0.39 is 23.7 Å². The lowest BCUT2D eigenvalue weighted by Gasteiger charge is -2.39. The molecule has 3 aliphatic heterocycles. The van der Waals surface area contributed by atoms with Crippen molar-refractivity contribution in [2.24, 2.45) is 0 Å². The van der Waals surface area contributed by atoms with E-state index in [0.717, 1.165) is 29.2 Å². The number of alkyl halides is 3. The molecule has 2 aromatic rings. The standard InChI is InChI=1S/C23H26F3N5O4/c24-23(25,26)16-2-1-15(20(11-16)31-17-3-4-18(31)14-35-13-17)12-28-7-9-29(10-8-28)22(34)30-6-5-19(27-30)21(32)33/h1-2,5-6,11,17-18H,3-4,7-10,12-14H2,(H,32,33). The van der Waals surface area contributed by atoms with Crippen molar-refractivity contribution in [2.45, 2.75) is 37.6 Å². The van der Waals surface area contributed by atoms with E-state index in [1.165, 1.54) is 18.3 Å². The number of rotatable bonds is 4. The highest BCUT2D eigenvalue weighted by molar-refractivity contribution is 5.86. The Kier molecular flexibility index (Phi) is 6.18. The van der Waals surface area contributed by atoms with Crippen LogP contribution in [0.1, 0.15) is 34.5 Å². The minimum absolute atomic E-state index is 0.0789. The number of benzene rings is 1. The molecule has 1 aromatic heterocycles. The number of carbonyl (C=O) groups is 2. The molecule has 4 heterocycles. The van der Waals surface area contributed by atoms with E-state index in [0.29, 0.717) is 51.6 Å². The smallest absolute Gasteiger partial charge is 0.416 e. The molecule has 3 saturated heterocycles. The van der Waals surface area contributed by atoms with Gasteiger partial charge in [-0.05, 0) is 36.6 Å². The van der Waals surface area contributed by atoms with Gasteiger partial charge in [0, 0.05) is 44.6 Å². The number of halogens is 3. The third-order valence-corrected chi connectivity index (χ3v) is 6.97. The van der Waals surface area contributed by atoms with Gasteiger partial charge in [-0.25, -0.2) is 9.59 Å². The summed E-state index contributed by atoms with van der Waals surface area (Å²) < 4.78 is 47.2. The molecule has 2 atom stereocenters. The normalized spacial score (nSPS) is 23.1. The van der Waals surface area contributed by atoms with Gasteiger partial charge in [-0.2, -0.15) is 23.0 Å². The predicted octanol–water partition coefficient (Wildman–Crippen LogP) is 2.75. The molecular weight excluding hydrogens is 467 g/mol. The number of ether oxygens (including phenoxy) is 1. The number of carbonyl (C=O) groups excluding carboxylic acids is 1.